The number of anilines is 2. The lowest BCUT2D eigenvalue weighted by atomic mass is 10.0. The Bertz CT molecular complexity index is 1000. The Labute approximate surface area is 164 Å². The maximum atomic E-state index is 15.0. The number of hydrogen-bond donors (Lipinski definition) is 3. The first-order chi connectivity index (χ1) is 12.9. The highest BCUT2D eigenvalue weighted by Gasteiger charge is 2.17. The van der Waals surface area contributed by atoms with E-state index in [0.717, 1.165) is 11.9 Å². The van der Waals surface area contributed by atoms with Crippen LogP contribution in [0.4, 0.5) is 20.3 Å². The number of rotatable bonds is 5. The number of aromatic nitrogens is 1. The fourth-order valence-corrected chi connectivity index (χ4v) is 3.55. The van der Waals surface area contributed by atoms with Gasteiger partial charge in [0.1, 0.15) is 11.6 Å². The van der Waals surface area contributed by atoms with E-state index < -0.39 is 11.6 Å². The van der Waals surface area contributed by atoms with E-state index in [4.69, 9.17) is 17.3 Å². The summed E-state index contributed by atoms with van der Waals surface area (Å²) < 4.78 is 32.1. The van der Waals surface area contributed by atoms with Gasteiger partial charge >= 0.3 is 0 Å². The zero-order valence-corrected chi connectivity index (χ0v) is 15.8. The third-order valence-corrected chi connectivity index (χ3v) is 5.13. The number of nitrogens with one attached hydrogen (secondary N) is 1. The van der Waals surface area contributed by atoms with Crippen LogP contribution in [0.1, 0.15) is 11.1 Å². The Hall–Kier alpha value is -2.35. The lowest BCUT2D eigenvalue weighted by molar-refractivity contribution is 0.279. The Morgan fingerprint density at radius 2 is 2.00 bits per heavy atom. The van der Waals surface area contributed by atoms with Gasteiger partial charge in [-0.05, 0) is 60.3 Å². The lowest BCUT2D eigenvalue weighted by Gasteiger charge is -2.13. The van der Waals surface area contributed by atoms with Gasteiger partial charge in [-0.2, -0.15) is 0 Å². The summed E-state index contributed by atoms with van der Waals surface area (Å²) in [6.07, 6.45) is 1.33. The normalized spacial score (nSPS) is 10.9. The standard InChI is InChI=1S/C19H16ClF2N3OS/c1-10-6-12(8-24-19(10)23)17-14(21)4-5-15(18(17)22)25-27-16-7-13(20)3-2-11(16)9-26/h2-8,25-26H,9H2,1H3,(H2,23,24). The average molecular weight is 408 g/mol. The molecule has 0 fully saturated rings. The first kappa shape index (κ1) is 19.4. The van der Waals surface area contributed by atoms with Crippen LogP contribution in [-0.4, -0.2) is 10.1 Å². The average Bonchev–Trinajstić information content (AvgIpc) is 2.64. The van der Waals surface area contributed by atoms with E-state index in [0.29, 0.717) is 32.4 Å². The predicted molar refractivity (Wildman–Crippen MR) is 106 cm³/mol. The molecule has 0 aliphatic heterocycles. The zero-order valence-electron chi connectivity index (χ0n) is 14.3. The summed E-state index contributed by atoms with van der Waals surface area (Å²) in [7, 11) is 0. The Kier molecular flexibility index (Phi) is 5.84. The molecule has 0 saturated heterocycles. The van der Waals surface area contributed by atoms with Crippen molar-refractivity contribution >= 4 is 35.1 Å². The fourth-order valence-electron chi connectivity index (χ4n) is 2.48. The second-order valence-corrected chi connectivity index (χ2v) is 7.11. The summed E-state index contributed by atoms with van der Waals surface area (Å²) in [6, 6.07) is 9.06. The minimum Gasteiger partial charge on any atom is -0.392 e. The van der Waals surface area contributed by atoms with Gasteiger partial charge in [-0.25, -0.2) is 13.8 Å². The van der Waals surface area contributed by atoms with E-state index in [-0.39, 0.29) is 17.9 Å². The van der Waals surface area contributed by atoms with Gasteiger partial charge in [0.2, 0.25) is 0 Å². The first-order valence-electron chi connectivity index (χ1n) is 7.93. The van der Waals surface area contributed by atoms with Crippen molar-refractivity contribution in [2.24, 2.45) is 0 Å². The molecule has 1 heterocycles. The monoisotopic (exact) mass is 407 g/mol. The molecule has 0 bridgehead atoms. The molecule has 0 aliphatic rings. The molecule has 0 amide bonds. The minimum absolute atomic E-state index is 0.0924. The predicted octanol–water partition coefficient (Wildman–Crippen LogP) is 5.18. The number of aliphatic hydroxyl groups is 1. The van der Waals surface area contributed by atoms with Crippen LogP contribution in [0.5, 0.6) is 0 Å². The van der Waals surface area contributed by atoms with Gasteiger partial charge in [-0.1, -0.05) is 17.7 Å². The molecule has 2 aromatic carbocycles. The number of hydrogen-bond acceptors (Lipinski definition) is 5. The number of nitrogens with two attached hydrogens (primary N) is 1. The van der Waals surface area contributed by atoms with Crippen LogP contribution in [-0.2, 0) is 6.61 Å². The van der Waals surface area contributed by atoms with Crippen LogP contribution in [0.15, 0.2) is 47.5 Å². The highest BCUT2D eigenvalue weighted by atomic mass is 35.5. The summed E-state index contributed by atoms with van der Waals surface area (Å²) >= 11 is 7.05. The number of nitrogens with zero attached hydrogens (tertiary/aromatic N) is 1. The van der Waals surface area contributed by atoms with Gasteiger partial charge in [0.05, 0.1) is 17.9 Å². The van der Waals surface area contributed by atoms with Crippen molar-refractivity contribution in [3.05, 3.63) is 70.4 Å². The van der Waals surface area contributed by atoms with Crippen molar-refractivity contribution in [1.29, 1.82) is 0 Å². The summed E-state index contributed by atoms with van der Waals surface area (Å²) in [4.78, 5) is 4.61. The maximum absolute atomic E-state index is 15.0. The van der Waals surface area contributed by atoms with E-state index in [9.17, 15) is 13.9 Å². The van der Waals surface area contributed by atoms with E-state index >= 15 is 0 Å². The van der Waals surface area contributed by atoms with Crippen molar-refractivity contribution in [3.63, 3.8) is 0 Å². The van der Waals surface area contributed by atoms with Gasteiger partial charge in [-0.3, -0.25) is 0 Å². The second kappa shape index (κ2) is 8.12. The minimum atomic E-state index is -0.749. The van der Waals surface area contributed by atoms with E-state index in [1.165, 1.54) is 18.3 Å². The molecule has 1 aromatic heterocycles. The molecule has 140 valence electrons. The van der Waals surface area contributed by atoms with Gasteiger partial charge < -0.3 is 15.6 Å². The van der Waals surface area contributed by atoms with Crippen molar-refractivity contribution in [2.45, 2.75) is 18.4 Å². The van der Waals surface area contributed by atoms with E-state index in [2.05, 4.69) is 9.71 Å². The number of aryl methyl sites for hydroxylation is 1. The topological polar surface area (TPSA) is 71.2 Å². The molecule has 0 aliphatic carbocycles. The molecule has 4 N–H and O–H groups in total. The van der Waals surface area contributed by atoms with Crippen LogP contribution in [0.2, 0.25) is 5.02 Å². The van der Waals surface area contributed by atoms with Gasteiger partial charge in [0.25, 0.3) is 0 Å². The third kappa shape index (κ3) is 4.16. The molecule has 0 spiro atoms. The number of aliphatic hydroxyl groups excluding tert-OH is 1. The first-order valence-corrected chi connectivity index (χ1v) is 9.12. The quantitative estimate of drug-likeness (QED) is 0.508. The van der Waals surface area contributed by atoms with Crippen molar-refractivity contribution in [3.8, 4) is 11.1 Å². The van der Waals surface area contributed by atoms with Gasteiger partial charge in [0, 0.05) is 21.7 Å². The zero-order chi connectivity index (χ0) is 19.6. The van der Waals surface area contributed by atoms with Crippen molar-refractivity contribution in [1.82, 2.24) is 4.98 Å². The van der Waals surface area contributed by atoms with E-state index in [1.807, 2.05) is 0 Å². The smallest absolute Gasteiger partial charge is 0.157 e. The molecule has 8 heteroatoms. The number of pyridine rings is 1. The summed E-state index contributed by atoms with van der Waals surface area (Å²) in [5.41, 5.74) is 7.14. The molecule has 0 atom stereocenters. The highest BCUT2D eigenvalue weighted by Crippen LogP contribution is 2.34. The molecular formula is C19H16ClF2N3OS. The summed E-state index contributed by atoms with van der Waals surface area (Å²) in [5, 5.41) is 9.90. The lowest BCUT2D eigenvalue weighted by Crippen LogP contribution is -2.00. The number of halogens is 3. The van der Waals surface area contributed by atoms with Gasteiger partial charge in [0.15, 0.2) is 5.82 Å². The van der Waals surface area contributed by atoms with E-state index in [1.54, 1.807) is 31.2 Å². The second-order valence-electron chi connectivity index (χ2n) is 5.82. The number of benzene rings is 2. The van der Waals surface area contributed by atoms with Crippen molar-refractivity contribution < 1.29 is 13.9 Å². The Balaban J connectivity index is 1.94. The number of nitrogen functional groups attached to an aromatic ring is 1. The molecule has 0 saturated carbocycles. The molecule has 0 radical (unpaired) electrons. The van der Waals surface area contributed by atoms with Crippen LogP contribution < -0.4 is 10.5 Å². The fraction of sp³-hybridized carbons (Fsp3) is 0.105. The largest absolute Gasteiger partial charge is 0.392 e. The van der Waals surface area contributed by atoms with Crippen molar-refractivity contribution in [2.75, 3.05) is 10.5 Å². The SMILES string of the molecule is Cc1cc(-c2c(F)ccc(NSc3cc(Cl)ccc3CO)c2F)cnc1N. The van der Waals surface area contributed by atoms with Crippen LogP contribution >= 0.6 is 23.5 Å². The summed E-state index contributed by atoms with van der Waals surface area (Å²) in [5.74, 6) is -1.14. The van der Waals surface area contributed by atoms with Crippen LogP contribution in [0.25, 0.3) is 11.1 Å². The van der Waals surface area contributed by atoms with Crippen LogP contribution in [0.3, 0.4) is 0 Å². The molecule has 3 aromatic rings. The molecular weight excluding hydrogens is 392 g/mol. The maximum Gasteiger partial charge on any atom is 0.157 e. The molecule has 3 rings (SSSR count). The molecule has 4 nitrogen and oxygen atoms in total. The molecule has 0 unspecified atom stereocenters. The van der Waals surface area contributed by atoms with Gasteiger partial charge in [-0.15, -0.1) is 0 Å². The molecule has 27 heavy (non-hydrogen) atoms. The van der Waals surface area contributed by atoms with Crippen LogP contribution in [0, 0.1) is 18.6 Å². The third-order valence-electron chi connectivity index (χ3n) is 3.97. The Morgan fingerprint density at radius 1 is 1.22 bits per heavy atom. The summed E-state index contributed by atoms with van der Waals surface area (Å²) in [6.45, 7) is 1.53. The Morgan fingerprint density at radius 3 is 2.70 bits per heavy atom. The highest BCUT2D eigenvalue weighted by molar-refractivity contribution is 8.00.